The summed E-state index contributed by atoms with van der Waals surface area (Å²) in [4.78, 5) is 12.6. The smallest absolute Gasteiger partial charge is 0.251 e. The first kappa shape index (κ1) is 17.0. The molecule has 2 aromatic heterocycles. The lowest BCUT2D eigenvalue weighted by Gasteiger charge is -2.17. The summed E-state index contributed by atoms with van der Waals surface area (Å²) in [5, 5.41) is 11.6. The van der Waals surface area contributed by atoms with Gasteiger partial charge in [-0.25, -0.2) is 0 Å². The Labute approximate surface area is 153 Å². The summed E-state index contributed by atoms with van der Waals surface area (Å²) in [6.07, 6.45) is 4.76. The van der Waals surface area contributed by atoms with Crippen LogP contribution in [0.15, 0.2) is 53.1 Å². The summed E-state index contributed by atoms with van der Waals surface area (Å²) in [6, 6.07) is 12.9. The maximum absolute atomic E-state index is 12.6. The lowest BCUT2D eigenvalue weighted by molar-refractivity contribution is 0.0933. The summed E-state index contributed by atoms with van der Waals surface area (Å²) < 4.78 is 2.80. The molecule has 1 aromatic carbocycles. The van der Waals surface area contributed by atoms with Crippen molar-refractivity contribution in [3.8, 4) is 0 Å². The number of rotatable bonds is 6. The monoisotopic (exact) mass is 404 g/mol. The van der Waals surface area contributed by atoms with Crippen LogP contribution in [0, 0.1) is 0 Å². The molecule has 1 N–H and O–H groups in total. The molecule has 124 valence electrons. The van der Waals surface area contributed by atoms with Gasteiger partial charge in [0.25, 0.3) is 5.91 Å². The molecule has 0 saturated heterocycles. The summed E-state index contributed by atoms with van der Waals surface area (Å²) in [5.41, 5.74) is 1.39. The number of aromatic nitrogens is 3. The number of thioether (sulfide) groups is 1. The summed E-state index contributed by atoms with van der Waals surface area (Å²) in [7, 11) is 0. The van der Waals surface area contributed by atoms with E-state index in [9.17, 15) is 4.79 Å². The Morgan fingerprint density at radius 3 is 2.96 bits per heavy atom. The third-order valence-electron chi connectivity index (χ3n) is 3.65. The third kappa shape index (κ3) is 3.79. The number of nitrogens with one attached hydrogen (secondary N) is 1. The van der Waals surface area contributed by atoms with Crippen LogP contribution >= 0.6 is 27.7 Å². The molecule has 2 heterocycles. The van der Waals surface area contributed by atoms with E-state index in [1.165, 1.54) is 0 Å². The first-order chi connectivity index (χ1) is 11.7. The van der Waals surface area contributed by atoms with E-state index in [1.54, 1.807) is 17.8 Å². The van der Waals surface area contributed by atoms with Crippen molar-refractivity contribution in [2.75, 3.05) is 12.0 Å². The van der Waals surface area contributed by atoms with Crippen molar-refractivity contribution in [3.05, 3.63) is 64.5 Å². The molecule has 0 radical (unpaired) electrons. The van der Waals surface area contributed by atoms with Crippen LogP contribution in [0.25, 0.3) is 5.65 Å². The number of carbonyl (C=O) groups excluding carboxylic acids is 1. The van der Waals surface area contributed by atoms with Gasteiger partial charge in [0.15, 0.2) is 11.5 Å². The number of nitrogens with zero attached hydrogens (tertiary/aromatic N) is 3. The summed E-state index contributed by atoms with van der Waals surface area (Å²) in [6.45, 7) is 0. The van der Waals surface area contributed by atoms with E-state index in [0.717, 1.165) is 28.1 Å². The van der Waals surface area contributed by atoms with Crippen LogP contribution in [0.5, 0.6) is 0 Å². The minimum absolute atomic E-state index is 0.116. The molecule has 0 saturated carbocycles. The average molecular weight is 405 g/mol. The van der Waals surface area contributed by atoms with Gasteiger partial charge in [0.05, 0.1) is 6.04 Å². The molecule has 0 fully saturated rings. The SMILES string of the molecule is CSCC[C@H](NC(=O)c1cccc(Br)c1)c1nnc2ccccn12. The van der Waals surface area contributed by atoms with E-state index in [2.05, 4.69) is 37.7 Å². The molecule has 3 aromatic rings. The average Bonchev–Trinajstić information content (AvgIpc) is 3.02. The van der Waals surface area contributed by atoms with Crippen LogP contribution in [0.1, 0.15) is 28.6 Å². The zero-order valence-electron chi connectivity index (χ0n) is 13.1. The van der Waals surface area contributed by atoms with E-state index in [4.69, 9.17) is 0 Å². The number of hydrogen-bond donors (Lipinski definition) is 1. The Morgan fingerprint density at radius 1 is 1.29 bits per heavy atom. The molecule has 0 aliphatic heterocycles. The van der Waals surface area contributed by atoms with Gasteiger partial charge in [-0.05, 0) is 48.8 Å². The van der Waals surface area contributed by atoms with Crippen LogP contribution in [0.4, 0.5) is 0 Å². The zero-order chi connectivity index (χ0) is 16.9. The second-order valence-corrected chi connectivity index (χ2v) is 7.21. The van der Waals surface area contributed by atoms with E-state index < -0.39 is 0 Å². The van der Waals surface area contributed by atoms with Gasteiger partial charge in [0.1, 0.15) is 0 Å². The van der Waals surface area contributed by atoms with Crippen LogP contribution in [0.2, 0.25) is 0 Å². The van der Waals surface area contributed by atoms with Crippen LogP contribution < -0.4 is 5.32 Å². The molecular weight excluding hydrogens is 388 g/mol. The highest BCUT2D eigenvalue weighted by atomic mass is 79.9. The van der Waals surface area contributed by atoms with E-state index in [0.29, 0.717) is 5.56 Å². The Balaban J connectivity index is 1.88. The fraction of sp³-hybridized carbons (Fsp3) is 0.235. The zero-order valence-corrected chi connectivity index (χ0v) is 15.5. The Hall–Kier alpha value is -1.86. The van der Waals surface area contributed by atoms with E-state index >= 15 is 0 Å². The molecule has 0 aliphatic carbocycles. The van der Waals surface area contributed by atoms with Crippen molar-refractivity contribution in [1.29, 1.82) is 0 Å². The predicted molar refractivity (Wildman–Crippen MR) is 100 cm³/mol. The highest BCUT2D eigenvalue weighted by molar-refractivity contribution is 9.10. The molecular formula is C17H17BrN4OS. The number of benzene rings is 1. The number of halogens is 1. The maximum Gasteiger partial charge on any atom is 0.251 e. The van der Waals surface area contributed by atoms with Crippen molar-refractivity contribution in [1.82, 2.24) is 19.9 Å². The molecule has 24 heavy (non-hydrogen) atoms. The van der Waals surface area contributed by atoms with Gasteiger partial charge in [-0.1, -0.05) is 28.1 Å². The lowest BCUT2D eigenvalue weighted by atomic mass is 10.1. The van der Waals surface area contributed by atoms with Crippen LogP contribution in [-0.2, 0) is 0 Å². The van der Waals surface area contributed by atoms with Crippen molar-refractivity contribution >= 4 is 39.2 Å². The minimum Gasteiger partial charge on any atom is -0.342 e. The van der Waals surface area contributed by atoms with E-state index in [1.807, 2.05) is 47.0 Å². The lowest BCUT2D eigenvalue weighted by Crippen LogP contribution is -2.30. The van der Waals surface area contributed by atoms with Gasteiger partial charge >= 0.3 is 0 Å². The standard InChI is InChI=1S/C17H17BrN4OS/c1-24-10-8-14(16-21-20-15-7-2-3-9-22(15)16)19-17(23)12-5-4-6-13(18)11-12/h2-7,9,11,14H,8,10H2,1H3,(H,19,23)/t14-/m0/s1. The Kier molecular flexibility index (Phi) is 5.52. The van der Waals surface area contributed by atoms with E-state index in [-0.39, 0.29) is 11.9 Å². The number of pyridine rings is 1. The topological polar surface area (TPSA) is 59.3 Å². The fourth-order valence-corrected chi connectivity index (χ4v) is 3.34. The number of carbonyl (C=O) groups is 1. The molecule has 7 heteroatoms. The summed E-state index contributed by atoms with van der Waals surface area (Å²) >= 11 is 5.14. The van der Waals surface area contributed by atoms with Crippen molar-refractivity contribution in [2.24, 2.45) is 0 Å². The van der Waals surface area contributed by atoms with Crippen molar-refractivity contribution < 1.29 is 4.79 Å². The van der Waals surface area contributed by atoms with Gasteiger partial charge in [-0.2, -0.15) is 11.8 Å². The van der Waals surface area contributed by atoms with Crippen LogP contribution in [-0.4, -0.2) is 32.5 Å². The van der Waals surface area contributed by atoms with Crippen molar-refractivity contribution in [3.63, 3.8) is 0 Å². The number of hydrogen-bond acceptors (Lipinski definition) is 4. The van der Waals surface area contributed by atoms with Gasteiger partial charge in [0.2, 0.25) is 0 Å². The number of amides is 1. The Bertz CT molecular complexity index is 851. The Morgan fingerprint density at radius 2 is 2.17 bits per heavy atom. The molecule has 5 nitrogen and oxygen atoms in total. The summed E-state index contributed by atoms with van der Waals surface area (Å²) in [5.74, 6) is 1.56. The van der Waals surface area contributed by atoms with Gasteiger partial charge < -0.3 is 5.32 Å². The molecule has 0 aliphatic rings. The number of fused-ring (bicyclic) bond motifs is 1. The molecule has 0 unspecified atom stereocenters. The first-order valence-corrected chi connectivity index (χ1v) is 9.73. The molecule has 1 amide bonds. The van der Waals surface area contributed by atoms with Gasteiger partial charge in [-0.3, -0.25) is 9.20 Å². The molecule has 0 bridgehead atoms. The normalized spacial score (nSPS) is 12.2. The van der Waals surface area contributed by atoms with Gasteiger partial charge in [0, 0.05) is 16.2 Å². The molecule has 1 atom stereocenters. The highest BCUT2D eigenvalue weighted by Gasteiger charge is 2.20. The highest BCUT2D eigenvalue weighted by Crippen LogP contribution is 2.19. The van der Waals surface area contributed by atoms with Gasteiger partial charge in [-0.15, -0.1) is 10.2 Å². The second-order valence-electron chi connectivity index (χ2n) is 5.30. The quantitative estimate of drug-likeness (QED) is 0.679. The fourth-order valence-electron chi connectivity index (χ4n) is 2.47. The minimum atomic E-state index is -0.193. The largest absolute Gasteiger partial charge is 0.342 e. The molecule has 0 spiro atoms. The molecule has 3 rings (SSSR count). The first-order valence-electron chi connectivity index (χ1n) is 7.54. The maximum atomic E-state index is 12.6. The van der Waals surface area contributed by atoms with Crippen molar-refractivity contribution in [2.45, 2.75) is 12.5 Å². The predicted octanol–water partition coefficient (Wildman–Crippen LogP) is 3.72. The van der Waals surface area contributed by atoms with Crippen LogP contribution in [0.3, 0.4) is 0 Å². The second kappa shape index (κ2) is 7.81. The third-order valence-corrected chi connectivity index (χ3v) is 4.79.